The topological polar surface area (TPSA) is 65.7 Å². The molecule has 1 atom stereocenters. The van der Waals surface area contributed by atoms with Crippen LogP contribution in [-0.4, -0.2) is 30.5 Å². The van der Waals surface area contributed by atoms with Gasteiger partial charge in [-0.05, 0) is 48.5 Å². The monoisotopic (exact) mass is 441 g/mol. The summed E-state index contributed by atoms with van der Waals surface area (Å²) in [6.07, 6.45) is 1.84. The molecule has 154 valence electrons. The van der Waals surface area contributed by atoms with Crippen LogP contribution in [0.1, 0.15) is 17.5 Å². The fourth-order valence-corrected chi connectivity index (χ4v) is 3.37. The van der Waals surface area contributed by atoms with Crippen LogP contribution < -0.4 is 21.4 Å². The molecule has 3 rings (SSSR count). The summed E-state index contributed by atoms with van der Waals surface area (Å²) in [5, 5.41) is 7.33. The lowest BCUT2D eigenvalue weighted by Crippen LogP contribution is -2.32. The third-order valence-corrected chi connectivity index (χ3v) is 5.02. The van der Waals surface area contributed by atoms with E-state index in [1.807, 2.05) is 0 Å². The summed E-state index contributed by atoms with van der Waals surface area (Å²) in [6.45, 7) is 1.43. The summed E-state index contributed by atoms with van der Waals surface area (Å²) in [7, 11) is 0. The Balaban J connectivity index is 1.63. The zero-order valence-electron chi connectivity index (χ0n) is 15.3. The number of nitrogens with one attached hydrogen (secondary N) is 2. The van der Waals surface area contributed by atoms with Crippen LogP contribution in [0.3, 0.4) is 0 Å². The van der Waals surface area contributed by atoms with Gasteiger partial charge in [-0.1, -0.05) is 11.6 Å². The van der Waals surface area contributed by atoms with Gasteiger partial charge < -0.3 is 16.0 Å². The van der Waals surface area contributed by atoms with E-state index in [9.17, 15) is 13.2 Å². The van der Waals surface area contributed by atoms with Crippen LogP contribution in [0.15, 0.2) is 35.4 Å². The molecule has 1 fully saturated rings. The van der Waals surface area contributed by atoms with Crippen LogP contribution in [0, 0.1) is 17.5 Å². The molecule has 2 aromatic carbocycles. The van der Waals surface area contributed by atoms with E-state index in [1.165, 1.54) is 18.2 Å². The van der Waals surface area contributed by atoms with Gasteiger partial charge in [-0.25, -0.2) is 13.2 Å². The van der Waals surface area contributed by atoms with Crippen molar-refractivity contribution in [1.29, 1.82) is 0 Å². The van der Waals surface area contributed by atoms with Crippen molar-refractivity contribution in [3.63, 3.8) is 0 Å². The maximum absolute atomic E-state index is 14.5. The Morgan fingerprint density at radius 2 is 2.07 bits per heavy atom. The Morgan fingerprint density at radius 3 is 2.83 bits per heavy atom. The fraction of sp³-hybridized carbons (Fsp3) is 0.263. The lowest BCUT2D eigenvalue weighted by atomic mass is 10.2. The van der Waals surface area contributed by atoms with Crippen LogP contribution in [0.25, 0.3) is 0 Å². The van der Waals surface area contributed by atoms with Crippen LogP contribution in [-0.2, 0) is 6.54 Å². The van der Waals surface area contributed by atoms with Crippen LogP contribution in [0.4, 0.5) is 18.9 Å². The lowest BCUT2D eigenvalue weighted by Gasteiger charge is -2.20. The number of hydrazone groups is 1. The molecule has 1 heterocycles. The average Bonchev–Trinajstić information content (AvgIpc) is 3.13. The number of rotatable bonds is 6. The Bertz CT molecular complexity index is 940. The van der Waals surface area contributed by atoms with Crippen LogP contribution in [0.2, 0.25) is 5.02 Å². The Kier molecular flexibility index (Phi) is 6.94. The van der Waals surface area contributed by atoms with Crippen molar-refractivity contribution < 1.29 is 13.2 Å². The van der Waals surface area contributed by atoms with Gasteiger partial charge in [0.25, 0.3) is 0 Å². The van der Waals surface area contributed by atoms with E-state index in [1.54, 1.807) is 4.90 Å². The normalized spacial score (nSPS) is 16.6. The molecule has 10 heteroatoms. The van der Waals surface area contributed by atoms with Gasteiger partial charge in [-0.3, -0.25) is 5.43 Å². The highest BCUT2D eigenvalue weighted by atomic mass is 35.5. The zero-order chi connectivity index (χ0) is 21.0. The number of nitrogens with two attached hydrogens (primary N) is 1. The molecule has 0 unspecified atom stereocenters. The summed E-state index contributed by atoms with van der Waals surface area (Å²) in [6, 6.07) is 6.44. The fourth-order valence-electron chi connectivity index (χ4n) is 3.14. The van der Waals surface area contributed by atoms with Gasteiger partial charge in [0.05, 0.1) is 11.9 Å². The molecule has 0 aromatic heterocycles. The van der Waals surface area contributed by atoms with Crippen molar-refractivity contribution >= 4 is 40.8 Å². The molecule has 2 aromatic rings. The highest BCUT2D eigenvalue weighted by Gasteiger charge is 2.25. The summed E-state index contributed by atoms with van der Waals surface area (Å²) in [5.74, 6) is -1.53. The van der Waals surface area contributed by atoms with Crippen LogP contribution >= 0.6 is 23.8 Å². The molecule has 4 N–H and O–H groups in total. The molecule has 0 saturated carbocycles. The average molecular weight is 442 g/mol. The van der Waals surface area contributed by atoms with Gasteiger partial charge in [0, 0.05) is 42.3 Å². The SMILES string of the molecule is NC(=S)NN=Cc1cc(F)c(N2CC[C@@H](NCc3cc(F)ccc3Cl)C2)cc1F. The molecule has 0 amide bonds. The van der Waals surface area contributed by atoms with Gasteiger partial charge in [0.15, 0.2) is 5.11 Å². The summed E-state index contributed by atoms with van der Waals surface area (Å²) in [5.41, 5.74) is 8.31. The minimum atomic E-state index is -0.613. The van der Waals surface area contributed by atoms with Crippen LogP contribution in [0.5, 0.6) is 0 Å². The van der Waals surface area contributed by atoms with Gasteiger partial charge in [0.2, 0.25) is 0 Å². The Morgan fingerprint density at radius 1 is 1.28 bits per heavy atom. The first-order valence-corrected chi connectivity index (χ1v) is 9.62. The van der Waals surface area contributed by atoms with E-state index >= 15 is 0 Å². The number of thiocarbonyl (C=S) groups is 1. The van der Waals surface area contributed by atoms with Crippen molar-refractivity contribution in [2.24, 2.45) is 10.8 Å². The third-order valence-electron chi connectivity index (χ3n) is 4.56. The first-order chi connectivity index (χ1) is 13.8. The van der Waals surface area contributed by atoms with Gasteiger partial charge in [-0.2, -0.15) is 5.10 Å². The molecule has 0 bridgehead atoms. The smallest absolute Gasteiger partial charge is 0.184 e. The maximum Gasteiger partial charge on any atom is 0.184 e. The van der Waals surface area contributed by atoms with E-state index < -0.39 is 11.6 Å². The van der Waals surface area contributed by atoms with Crippen molar-refractivity contribution in [3.8, 4) is 0 Å². The molecule has 0 radical (unpaired) electrons. The Hall–Kier alpha value is -2.36. The molecular weight excluding hydrogens is 423 g/mol. The van der Waals surface area contributed by atoms with Crippen molar-refractivity contribution in [1.82, 2.24) is 10.7 Å². The van der Waals surface area contributed by atoms with E-state index in [4.69, 9.17) is 17.3 Å². The molecule has 0 aliphatic carbocycles. The summed E-state index contributed by atoms with van der Waals surface area (Å²) < 4.78 is 42.2. The number of anilines is 1. The Labute approximate surface area is 176 Å². The first kappa shape index (κ1) is 21.4. The number of halogens is 4. The highest BCUT2D eigenvalue weighted by molar-refractivity contribution is 7.80. The number of nitrogens with zero attached hydrogens (tertiary/aromatic N) is 2. The van der Waals surface area contributed by atoms with E-state index in [0.717, 1.165) is 24.8 Å². The van der Waals surface area contributed by atoms with E-state index in [0.29, 0.717) is 30.2 Å². The number of hydrogen-bond donors (Lipinski definition) is 3. The number of hydrogen-bond acceptors (Lipinski definition) is 4. The molecule has 1 aliphatic rings. The van der Waals surface area contributed by atoms with E-state index in [-0.39, 0.29) is 28.2 Å². The van der Waals surface area contributed by atoms with Gasteiger partial charge in [0.1, 0.15) is 17.5 Å². The largest absolute Gasteiger partial charge is 0.375 e. The van der Waals surface area contributed by atoms with Gasteiger partial charge in [-0.15, -0.1) is 0 Å². The predicted molar refractivity (Wildman–Crippen MR) is 113 cm³/mol. The summed E-state index contributed by atoms with van der Waals surface area (Å²) >= 11 is 10.7. The van der Waals surface area contributed by atoms with Gasteiger partial charge >= 0.3 is 0 Å². The second kappa shape index (κ2) is 9.43. The van der Waals surface area contributed by atoms with Crippen molar-refractivity contribution in [2.75, 3.05) is 18.0 Å². The van der Waals surface area contributed by atoms with Crippen molar-refractivity contribution in [3.05, 3.63) is 63.9 Å². The molecule has 1 aliphatic heterocycles. The standard InChI is InChI=1S/C19H19ClF3N5S/c20-15-2-1-13(21)5-11(15)8-25-14-3-4-28(10-14)18-7-16(22)12(6-17(18)23)9-26-27-19(24)29/h1-2,5-7,9,14,25H,3-4,8,10H2,(H3,24,27,29)/t14-/m1/s1. The highest BCUT2D eigenvalue weighted by Crippen LogP contribution is 2.26. The number of benzene rings is 2. The molecular formula is C19H19ClF3N5S. The first-order valence-electron chi connectivity index (χ1n) is 8.83. The maximum atomic E-state index is 14.5. The molecule has 0 spiro atoms. The minimum absolute atomic E-state index is 0.0235. The second-order valence-electron chi connectivity index (χ2n) is 6.61. The third kappa shape index (κ3) is 5.59. The second-order valence-corrected chi connectivity index (χ2v) is 7.45. The quantitative estimate of drug-likeness (QED) is 0.365. The molecule has 29 heavy (non-hydrogen) atoms. The zero-order valence-corrected chi connectivity index (χ0v) is 16.8. The predicted octanol–water partition coefficient (Wildman–Crippen LogP) is 3.29. The van der Waals surface area contributed by atoms with E-state index in [2.05, 4.69) is 28.1 Å². The van der Waals surface area contributed by atoms with Crippen molar-refractivity contribution in [2.45, 2.75) is 19.0 Å². The molecule has 1 saturated heterocycles. The summed E-state index contributed by atoms with van der Waals surface area (Å²) in [4.78, 5) is 1.76. The lowest BCUT2D eigenvalue weighted by molar-refractivity contribution is 0.547. The molecule has 5 nitrogen and oxygen atoms in total. The minimum Gasteiger partial charge on any atom is -0.375 e.